The molecule has 5 N–H and O–H groups in total. The molecule has 0 rings (SSSR count). The predicted octanol–water partition coefficient (Wildman–Crippen LogP) is 10.0. The Hall–Kier alpha value is -1.21. The van der Waals surface area contributed by atoms with Gasteiger partial charge in [0.2, 0.25) is 5.91 Å². The molecule has 6 heteroatoms. The Balaban J connectivity index is 3.80. The number of unbranched alkanes of at least 4 members (excludes halogenated alkanes) is 23. The van der Waals surface area contributed by atoms with Crippen molar-refractivity contribution in [3.8, 4) is 0 Å². The van der Waals surface area contributed by atoms with Crippen LogP contribution in [0.1, 0.15) is 200 Å². The van der Waals surface area contributed by atoms with E-state index in [9.17, 15) is 25.2 Å². The van der Waals surface area contributed by atoms with Gasteiger partial charge in [0.15, 0.2) is 0 Å². The molecule has 1 amide bonds. The first kappa shape index (κ1) is 45.8. The average molecular weight is 666 g/mol. The van der Waals surface area contributed by atoms with Gasteiger partial charge in [0.25, 0.3) is 0 Å². The molecule has 0 bridgehead atoms. The highest BCUT2D eigenvalue weighted by Gasteiger charge is 2.28. The number of carbonyl (C=O) groups is 1. The van der Waals surface area contributed by atoms with E-state index in [0.717, 1.165) is 57.8 Å². The summed E-state index contributed by atoms with van der Waals surface area (Å²) in [6.07, 6.45) is 39.0. The normalized spacial score (nSPS) is 14.6. The second-order valence-corrected chi connectivity index (χ2v) is 14.0. The van der Waals surface area contributed by atoms with Gasteiger partial charge in [-0.05, 0) is 44.9 Å². The summed E-state index contributed by atoms with van der Waals surface area (Å²) in [5, 5.41) is 43.6. The van der Waals surface area contributed by atoms with Gasteiger partial charge < -0.3 is 25.7 Å². The van der Waals surface area contributed by atoms with Crippen LogP contribution in [0.3, 0.4) is 0 Å². The molecular formula is C41H79NO5. The maximum Gasteiger partial charge on any atom is 0.249 e. The molecule has 0 radical (unpaired) electrons. The number of hydrogen-bond acceptors (Lipinski definition) is 5. The second-order valence-electron chi connectivity index (χ2n) is 14.0. The lowest BCUT2D eigenvalue weighted by molar-refractivity contribution is -0.132. The number of hydrogen-bond donors (Lipinski definition) is 5. The highest BCUT2D eigenvalue weighted by atomic mass is 16.3. The lowest BCUT2D eigenvalue weighted by Gasteiger charge is -2.27. The zero-order valence-corrected chi connectivity index (χ0v) is 31.0. The summed E-state index contributed by atoms with van der Waals surface area (Å²) in [6, 6.07) is -0.987. The molecule has 0 saturated carbocycles. The summed E-state index contributed by atoms with van der Waals surface area (Å²) in [5.41, 5.74) is 0. The quantitative estimate of drug-likeness (QED) is 0.0338. The number of nitrogens with one attached hydrogen (secondary N) is 1. The van der Waals surface area contributed by atoms with Gasteiger partial charge >= 0.3 is 0 Å². The Morgan fingerprint density at radius 2 is 0.915 bits per heavy atom. The van der Waals surface area contributed by atoms with E-state index in [1.54, 1.807) is 0 Å². The molecule has 4 unspecified atom stereocenters. The Kier molecular flexibility index (Phi) is 35.2. The minimum atomic E-state index is -1.26. The molecule has 0 aliphatic carbocycles. The van der Waals surface area contributed by atoms with Gasteiger partial charge in [-0.3, -0.25) is 4.79 Å². The van der Waals surface area contributed by atoms with Gasteiger partial charge in [-0.1, -0.05) is 179 Å². The van der Waals surface area contributed by atoms with Crippen LogP contribution in [0.15, 0.2) is 24.3 Å². The SMILES string of the molecule is CCCCC/C=C\C/C=C\CCCCCCCCC(O)C(=O)NC(CO)C(O)C(O)CCCCCCCCCCCCCCCCC. The average Bonchev–Trinajstić information content (AvgIpc) is 3.07. The van der Waals surface area contributed by atoms with Crippen molar-refractivity contribution in [3.63, 3.8) is 0 Å². The maximum atomic E-state index is 12.5. The molecule has 278 valence electrons. The molecule has 47 heavy (non-hydrogen) atoms. The minimum Gasteiger partial charge on any atom is -0.394 e. The van der Waals surface area contributed by atoms with Gasteiger partial charge in [0, 0.05) is 0 Å². The van der Waals surface area contributed by atoms with E-state index in [1.807, 2.05) is 0 Å². The molecular weight excluding hydrogens is 586 g/mol. The van der Waals surface area contributed by atoms with Crippen molar-refractivity contribution in [2.75, 3.05) is 6.61 Å². The number of rotatable bonds is 36. The van der Waals surface area contributed by atoms with Gasteiger partial charge in [0.1, 0.15) is 12.2 Å². The zero-order chi connectivity index (χ0) is 34.6. The monoisotopic (exact) mass is 666 g/mol. The molecule has 0 aliphatic heterocycles. The van der Waals surface area contributed by atoms with Crippen molar-refractivity contribution in [1.82, 2.24) is 5.32 Å². The van der Waals surface area contributed by atoms with E-state index < -0.39 is 36.9 Å². The fraction of sp³-hybridized carbons (Fsp3) is 0.878. The third-order valence-electron chi connectivity index (χ3n) is 9.42. The van der Waals surface area contributed by atoms with Crippen LogP contribution in [0.5, 0.6) is 0 Å². The lowest BCUT2D eigenvalue weighted by atomic mass is 9.99. The molecule has 0 aromatic heterocycles. The van der Waals surface area contributed by atoms with Gasteiger partial charge in [-0.25, -0.2) is 0 Å². The molecule has 0 aliphatic rings. The number of amides is 1. The molecule has 0 heterocycles. The van der Waals surface area contributed by atoms with Crippen LogP contribution >= 0.6 is 0 Å². The van der Waals surface area contributed by atoms with Crippen molar-refractivity contribution in [1.29, 1.82) is 0 Å². The highest BCUT2D eigenvalue weighted by Crippen LogP contribution is 2.16. The Bertz CT molecular complexity index is 712. The fourth-order valence-electron chi connectivity index (χ4n) is 6.14. The Morgan fingerprint density at radius 3 is 1.38 bits per heavy atom. The summed E-state index contributed by atoms with van der Waals surface area (Å²) < 4.78 is 0. The van der Waals surface area contributed by atoms with Gasteiger partial charge in [-0.2, -0.15) is 0 Å². The van der Waals surface area contributed by atoms with Crippen molar-refractivity contribution in [3.05, 3.63) is 24.3 Å². The van der Waals surface area contributed by atoms with E-state index >= 15 is 0 Å². The summed E-state index contributed by atoms with van der Waals surface area (Å²) >= 11 is 0. The first-order valence-corrected chi connectivity index (χ1v) is 20.2. The molecule has 0 fully saturated rings. The van der Waals surface area contributed by atoms with Crippen molar-refractivity contribution in [2.45, 2.75) is 224 Å². The minimum absolute atomic E-state index is 0.358. The summed E-state index contributed by atoms with van der Waals surface area (Å²) in [6.45, 7) is 4.01. The maximum absolute atomic E-state index is 12.5. The Morgan fingerprint density at radius 1 is 0.532 bits per heavy atom. The second kappa shape index (κ2) is 36.1. The van der Waals surface area contributed by atoms with Crippen LogP contribution in [0.2, 0.25) is 0 Å². The lowest BCUT2D eigenvalue weighted by Crippen LogP contribution is -2.53. The van der Waals surface area contributed by atoms with Crippen LogP contribution < -0.4 is 5.32 Å². The molecule has 4 atom stereocenters. The number of aliphatic hydroxyl groups is 4. The van der Waals surface area contributed by atoms with E-state index in [2.05, 4.69) is 43.5 Å². The smallest absolute Gasteiger partial charge is 0.249 e. The van der Waals surface area contributed by atoms with E-state index in [-0.39, 0.29) is 0 Å². The highest BCUT2D eigenvalue weighted by molar-refractivity contribution is 5.80. The largest absolute Gasteiger partial charge is 0.394 e. The molecule has 0 spiro atoms. The summed E-state index contributed by atoms with van der Waals surface area (Å²) in [5.74, 6) is -0.593. The van der Waals surface area contributed by atoms with Crippen LogP contribution in [0.25, 0.3) is 0 Å². The zero-order valence-electron chi connectivity index (χ0n) is 31.0. The third-order valence-corrected chi connectivity index (χ3v) is 9.42. The van der Waals surface area contributed by atoms with Crippen LogP contribution in [-0.2, 0) is 4.79 Å². The van der Waals surface area contributed by atoms with Gasteiger partial charge in [-0.15, -0.1) is 0 Å². The van der Waals surface area contributed by atoms with Crippen LogP contribution in [0.4, 0.5) is 0 Å². The van der Waals surface area contributed by atoms with Gasteiger partial charge in [0.05, 0.1) is 18.8 Å². The fourth-order valence-corrected chi connectivity index (χ4v) is 6.14. The van der Waals surface area contributed by atoms with E-state index in [1.165, 1.54) is 116 Å². The summed E-state index contributed by atoms with van der Waals surface area (Å²) in [7, 11) is 0. The Labute approximate surface area is 291 Å². The summed E-state index contributed by atoms with van der Waals surface area (Å²) in [4.78, 5) is 12.5. The first-order valence-electron chi connectivity index (χ1n) is 20.2. The van der Waals surface area contributed by atoms with E-state index in [0.29, 0.717) is 12.8 Å². The number of aliphatic hydroxyl groups excluding tert-OH is 4. The molecule has 6 nitrogen and oxygen atoms in total. The van der Waals surface area contributed by atoms with Crippen molar-refractivity contribution < 1.29 is 25.2 Å². The van der Waals surface area contributed by atoms with Crippen LogP contribution in [0, 0.1) is 0 Å². The first-order chi connectivity index (χ1) is 23.0. The molecule has 0 aromatic rings. The van der Waals surface area contributed by atoms with Crippen LogP contribution in [-0.4, -0.2) is 57.3 Å². The number of carbonyl (C=O) groups excluding carboxylic acids is 1. The number of allylic oxidation sites excluding steroid dienone is 4. The van der Waals surface area contributed by atoms with E-state index in [4.69, 9.17) is 0 Å². The van der Waals surface area contributed by atoms with Crippen molar-refractivity contribution in [2.24, 2.45) is 0 Å². The standard InChI is InChI=1S/C41H79NO5/c1-3-5-7-9-11-13-15-17-19-21-23-25-27-29-31-33-35-39(45)41(47)42-37(36-43)40(46)38(44)34-32-30-28-26-24-22-20-18-16-14-12-10-8-6-4-2/h11,13,17,19,37-40,43-46H,3-10,12,14-16,18,20-36H2,1-2H3,(H,42,47)/b13-11-,19-17-. The molecule has 0 saturated heterocycles. The molecule has 0 aromatic carbocycles. The topological polar surface area (TPSA) is 110 Å². The van der Waals surface area contributed by atoms with Crippen molar-refractivity contribution >= 4 is 5.91 Å². The predicted molar refractivity (Wildman–Crippen MR) is 201 cm³/mol. The third kappa shape index (κ3) is 30.6.